The Kier molecular flexibility index (Phi) is 5.00. The summed E-state index contributed by atoms with van der Waals surface area (Å²) in [6, 6.07) is 15.9. The van der Waals surface area contributed by atoms with Crippen molar-refractivity contribution in [3.63, 3.8) is 0 Å². The fraction of sp³-hybridized carbons (Fsp3) is 0.143. The molecule has 27 heavy (non-hydrogen) atoms. The van der Waals surface area contributed by atoms with Gasteiger partial charge in [-0.1, -0.05) is 42.5 Å². The number of hydrogen-bond acceptors (Lipinski definition) is 5. The Morgan fingerprint density at radius 2 is 2.04 bits per heavy atom. The summed E-state index contributed by atoms with van der Waals surface area (Å²) in [5.41, 5.74) is 5.07. The summed E-state index contributed by atoms with van der Waals surface area (Å²) in [4.78, 5) is 22.0. The van der Waals surface area contributed by atoms with Crippen LogP contribution in [0, 0.1) is 6.92 Å². The molecular formula is C21H18N2O3S. The molecule has 0 saturated carbocycles. The van der Waals surface area contributed by atoms with Gasteiger partial charge in [0.25, 0.3) is 0 Å². The van der Waals surface area contributed by atoms with E-state index < -0.39 is 0 Å². The number of thiophene rings is 1. The van der Waals surface area contributed by atoms with Crippen LogP contribution < -0.4 is 5.48 Å². The average molecular weight is 378 g/mol. The number of fused-ring (bicyclic) bond motifs is 1. The van der Waals surface area contributed by atoms with Crippen molar-refractivity contribution in [2.24, 2.45) is 0 Å². The molecular weight excluding hydrogens is 360 g/mol. The van der Waals surface area contributed by atoms with E-state index in [1.165, 1.54) is 0 Å². The maximum Gasteiger partial charge on any atom is 0.247 e. The molecule has 0 fully saturated rings. The molecule has 0 spiro atoms. The van der Waals surface area contributed by atoms with Crippen LogP contribution in [0.4, 0.5) is 0 Å². The van der Waals surface area contributed by atoms with Crippen LogP contribution in [-0.2, 0) is 22.7 Å². The minimum absolute atomic E-state index is 0.154. The van der Waals surface area contributed by atoms with Gasteiger partial charge in [0.05, 0.1) is 6.42 Å². The largest absolute Gasteiger partial charge is 0.441 e. The first-order chi connectivity index (χ1) is 13.2. The van der Waals surface area contributed by atoms with E-state index >= 15 is 0 Å². The predicted molar refractivity (Wildman–Crippen MR) is 105 cm³/mol. The first kappa shape index (κ1) is 17.5. The number of aromatic nitrogens is 1. The molecule has 0 saturated heterocycles. The smallest absolute Gasteiger partial charge is 0.247 e. The molecule has 0 aliphatic heterocycles. The van der Waals surface area contributed by atoms with Crippen molar-refractivity contribution in [3.8, 4) is 11.5 Å². The molecule has 2 aromatic carbocycles. The third-order valence-corrected chi connectivity index (χ3v) is 4.97. The Balaban J connectivity index is 1.36. The van der Waals surface area contributed by atoms with Crippen molar-refractivity contribution in [2.45, 2.75) is 20.0 Å². The Hall–Kier alpha value is -2.96. The lowest BCUT2D eigenvalue weighted by molar-refractivity contribution is -0.133. The van der Waals surface area contributed by atoms with Gasteiger partial charge in [-0.05, 0) is 34.7 Å². The second kappa shape index (κ2) is 7.73. The second-order valence-electron chi connectivity index (χ2n) is 6.16. The molecule has 5 nitrogen and oxygen atoms in total. The summed E-state index contributed by atoms with van der Waals surface area (Å²) in [5.74, 6) is 1.04. The first-order valence-electron chi connectivity index (χ1n) is 8.57. The number of amides is 1. The zero-order valence-electron chi connectivity index (χ0n) is 14.8. The minimum atomic E-state index is -0.203. The number of rotatable bonds is 6. The van der Waals surface area contributed by atoms with Crippen LogP contribution >= 0.6 is 11.3 Å². The summed E-state index contributed by atoms with van der Waals surface area (Å²) < 4.78 is 5.66. The Labute approximate surface area is 160 Å². The van der Waals surface area contributed by atoms with Gasteiger partial charge in [-0.15, -0.1) is 0 Å². The monoisotopic (exact) mass is 378 g/mol. The van der Waals surface area contributed by atoms with E-state index in [4.69, 9.17) is 9.25 Å². The van der Waals surface area contributed by atoms with Crippen molar-refractivity contribution < 1.29 is 14.0 Å². The van der Waals surface area contributed by atoms with E-state index in [0.717, 1.165) is 21.9 Å². The lowest BCUT2D eigenvalue weighted by Crippen LogP contribution is -2.25. The van der Waals surface area contributed by atoms with Gasteiger partial charge in [0, 0.05) is 10.9 Å². The van der Waals surface area contributed by atoms with Crippen molar-refractivity contribution in [2.75, 3.05) is 0 Å². The average Bonchev–Trinajstić information content (AvgIpc) is 3.32. The van der Waals surface area contributed by atoms with Gasteiger partial charge < -0.3 is 4.42 Å². The Bertz CT molecular complexity index is 1060. The number of benzene rings is 2. The molecule has 2 heterocycles. The minimum Gasteiger partial charge on any atom is -0.441 e. The van der Waals surface area contributed by atoms with E-state index in [1.807, 2.05) is 66.2 Å². The number of nitrogens with one attached hydrogen (secondary N) is 1. The lowest BCUT2D eigenvalue weighted by atomic mass is 10.0. The van der Waals surface area contributed by atoms with Gasteiger partial charge in [-0.3, -0.25) is 9.63 Å². The number of carbonyl (C=O) groups excluding carboxylic acids is 1. The fourth-order valence-corrected chi connectivity index (χ4v) is 3.54. The molecule has 6 heteroatoms. The second-order valence-corrected chi connectivity index (χ2v) is 6.94. The molecule has 0 radical (unpaired) electrons. The van der Waals surface area contributed by atoms with Crippen LogP contribution in [0.25, 0.3) is 22.2 Å². The summed E-state index contributed by atoms with van der Waals surface area (Å²) >= 11 is 1.58. The molecule has 0 bridgehead atoms. The Morgan fingerprint density at radius 1 is 1.19 bits per heavy atom. The zero-order valence-corrected chi connectivity index (χ0v) is 15.6. The number of nitrogens with zero attached hydrogens (tertiary/aromatic N) is 1. The summed E-state index contributed by atoms with van der Waals surface area (Å²) in [5, 5.41) is 6.13. The molecule has 0 unspecified atom stereocenters. The maximum absolute atomic E-state index is 12.2. The molecule has 0 atom stereocenters. The third kappa shape index (κ3) is 3.92. The van der Waals surface area contributed by atoms with Crippen LogP contribution in [0.5, 0.6) is 0 Å². The molecule has 0 aliphatic rings. The van der Waals surface area contributed by atoms with Gasteiger partial charge >= 0.3 is 0 Å². The van der Waals surface area contributed by atoms with Crippen molar-refractivity contribution in [1.29, 1.82) is 0 Å². The standard InChI is InChI=1S/C21H18N2O3S/c1-14-19(22-21(26-14)17-9-10-27-13-17)12-25-23-20(24)11-16-7-4-6-15-5-2-3-8-18(15)16/h2-10,13H,11-12H2,1H3,(H,23,24). The van der Waals surface area contributed by atoms with Crippen LogP contribution in [0.15, 0.2) is 63.7 Å². The van der Waals surface area contributed by atoms with Gasteiger partial charge in [0.1, 0.15) is 18.1 Å². The zero-order chi connectivity index (χ0) is 18.6. The van der Waals surface area contributed by atoms with Crippen LogP contribution in [0.1, 0.15) is 17.0 Å². The summed E-state index contributed by atoms with van der Waals surface area (Å²) in [6.07, 6.45) is 0.249. The number of oxazole rings is 1. The molecule has 2 aromatic heterocycles. The molecule has 1 N–H and O–H groups in total. The molecule has 4 rings (SSSR count). The van der Waals surface area contributed by atoms with Crippen LogP contribution in [-0.4, -0.2) is 10.9 Å². The number of aryl methyl sites for hydroxylation is 1. The van der Waals surface area contributed by atoms with E-state index in [1.54, 1.807) is 11.3 Å². The third-order valence-electron chi connectivity index (χ3n) is 4.29. The van der Waals surface area contributed by atoms with E-state index in [9.17, 15) is 4.79 Å². The molecule has 4 aromatic rings. The quantitative estimate of drug-likeness (QED) is 0.496. The van der Waals surface area contributed by atoms with Crippen LogP contribution in [0.3, 0.4) is 0 Å². The normalized spacial score (nSPS) is 11.0. The van der Waals surface area contributed by atoms with Gasteiger partial charge in [0.2, 0.25) is 11.8 Å². The lowest BCUT2D eigenvalue weighted by Gasteiger charge is -2.07. The fourth-order valence-electron chi connectivity index (χ4n) is 2.91. The SMILES string of the molecule is Cc1oc(-c2ccsc2)nc1CONC(=O)Cc1cccc2ccccc12. The highest BCUT2D eigenvalue weighted by molar-refractivity contribution is 7.08. The summed E-state index contributed by atoms with van der Waals surface area (Å²) in [7, 11) is 0. The number of hydroxylamine groups is 1. The van der Waals surface area contributed by atoms with Crippen molar-refractivity contribution in [1.82, 2.24) is 10.5 Å². The van der Waals surface area contributed by atoms with E-state index in [2.05, 4.69) is 10.5 Å². The van der Waals surface area contributed by atoms with Crippen LogP contribution in [0.2, 0.25) is 0 Å². The van der Waals surface area contributed by atoms with Gasteiger partial charge in [-0.25, -0.2) is 10.5 Å². The van der Waals surface area contributed by atoms with Gasteiger partial charge in [0.15, 0.2) is 0 Å². The predicted octanol–water partition coefficient (Wildman–Crippen LogP) is 4.66. The number of hydrogen-bond donors (Lipinski definition) is 1. The van der Waals surface area contributed by atoms with Gasteiger partial charge in [-0.2, -0.15) is 11.3 Å². The highest BCUT2D eigenvalue weighted by Gasteiger charge is 2.13. The highest BCUT2D eigenvalue weighted by atomic mass is 32.1. The van der Waals surface area contributed by atoms with E-state index in [0.29, 0.717) is 17.3 Å². The van der Waals surface area contributed by atoms with E-state index in [-0.39, 0.29) is 18.9 Å². The first-order valence-corrected chi connectivity index (χ1v) is 9.51. The molecule has 0 aliphatic carbocycles. The maximum atomic E-state index is 12.2. The Morgan fingerprint density at radius 3 is 2.89 bits per heavy atom. The summed E-state index contributed by atoms with van der Waals surface area (Å²) in [6.45, 7) is 1.99. The number of carbonyl (C=O) groups is 1. The van der Waals surface area contributed by atoms with Crippen molar-refractivity contribution >= 4 is 28.0 Å². The topological polar surface area (TPSA) is 64.4 Å². The van der Waals surface area contributed by atoms with Crippen molar-refractivity contribution in [3.05, 3.63) is 76.3 Å². The molecule has 136 valence electrons. The molecule has 1 amide bonds. The highest BCUT2D eigenvalue weighted by Crippen LogP contribution is 2.24.